The van der Waals surface area contributed by atoms with Crippen LogP contribution in [0.4, 0.5) is 5.69 Å². The summed E-state index contributed by atoms with van der Waals surface area (Å²) in [6.07, 6.45) is -0.670. The number of hydrogen-bond donors (Lipinski definition) is 1. The fraction of sp³-hybridized carbons (Fsp3) is 0.520. The molecule has 0 amide bonds. The maximum atomic E-state index is 11.0. The van der Waals surface area contributed by atoms with Gasteiger partial charge in [-0.25, -0.2) is 0 Å². The van der Waals surface area contributed by atoms with E-state index in [1.165, 1.54) is 12.1 Å². The van der Waals surface area contributed by atoms with Crippen LogP contribution in [-0.2, 0) is 16.7 Å². The Labute approximate surface area is 207 Å². The number of aliphatic hydroxyl groups excluding tert-OH is 1. The Morgan fingerprint density at radius 1 is 1.15 bits per heavy atom. The third kappa shape index (κ3) is 7.30. The summed E-state index contributed by atoms with van der Waals surface area (Å²) >= 11 is 0. The van der Waals surface area contributed by atoms with Crippen LogP contribution in [0.2, 0.25) is 0 Å². The molecule has 1 saturated heterocycles. The van der Waals surface area contributed by atoms with Gasteiger partial charge in [0.15, 0.2) is 0 Å². The number of aliphatic hydroxyl groups is 1. The van der Waals surface area contributed by atoms with E-state index in [2.05, 4.69) is 20.8 Å². The molecule has 1 heterocycles. The van der Waals surface area contributed by atoms with Crippen LogP contribution in [0.15, 0.2) is 42.5 Å². The first-order valence-electron chi connectivity index (χ1n) is 11.3. The fourth-order valence-corrected chi connectivity index (χ4v) is 4.28. The third-order valence-corrected chi connectivity index (χ3v) is 6.11. The van der Waals surface area contributed by atoms with Crippen molar-refractivity contribution in [3.05, 3.63) is 63.7 Å². The van der Waals surface area contributed by atoms with Gasteiger partial charge < -0.3 is 36.2 Å². The summed E-state index contributed by atoms with van der Waals surface area (Å²) in [6.45, 7) is 10.5. The Bertz CT molecular complexity index is 939. The van der Waals surface area contributed by atoms with Gasteiger partial charge >= 0.3 is 0 Å². The van der Waals surface area contributed by atoms with Gasteiger partial charge in [0.05, 0.1) is 25.2 Å². The van der Waals surface area contributed by atoms with E-state index in [-0.39, 0.29) is 30.1 Å². The molecule has 3 rings (SSSR count). The number of halogens is 1. The minimum absolute atomic E-state index is 0. The van der Waals surface area contributed by atoms with Gasteiger partial charge in [0.1, 0.15) is 50.4 Å². The van der Waals surface area contributed by atoms with E-state index in [9.17, 15) is 15.2 Å². The molecule has 188 valence electrons. The molecular weight excluding hydrogens is 460 g/mol. The molecule has 0 saturated carbocycles. The molecule has 0 radical (unpaired) electrons. The number of nitro benzene ring substituents is 1. The quantitative estimate of drug-likeness (QED) is 0.313. The van der Waals surface area contributed by atoms with E-state index in [1.54, 1.807) is 19.2 Å². The van der Waals surface area contributed by atoms with Crippen molar-refractivity contribution in [3.63, 3.8) is 0 Å². The van der Waals surface area contributed by atoms with Gasteiger partial charge in [0, 0.05) is 23.3 Å². The summed E-state index contributed by atoms with van der Waals surface area (Å²) in [7, 11) is 1.64. The van der Waals surface area contributed by atoms with Gasteiger partial charge in [-0.15, -0.1) is 0 Å². The third-order valence-electron chi connectivity index (χ3n) is 6.11. The summed E-state index contributed by atoms with van der Waals surface area (Å²) < 4.78 is 17.7. The highest BCUT2D eigenvalue weighted by Crippen LogP contribution is 2.34. The lowest BCUT2D eigenvalue weighted by Crippen LogP contribution is -3.00. The van der Waals surface area contributed by atoms with Crippen molar-refractivity contribution in [2.24, 2.45) is 0 Å². The number of methoxy groups -OCH3 is 1. The molecule has 1 unspecified atom stereocenters. The maximum Gasteiger partial charge on any atom is 0.269 e. The zero-order chi connectivity index (χ0) is 24.1. The Morgan fingerprint density at radius 3 is 2.35 bits per heavy atom. The zero-order valence-corrected chi connectivity index (χ0v) is 21.1. The number of ether oxygens (including phenoxy) is 3. The Kier molecular flexibility index (Phi) is 9.70. The largest absolute Gasteiger partial charge is 1.00 e. The second-order valence-electron chi connectivity index (χ2n) is 9.74. The van der Waals surface area contributed by atoms with Crippen LogP contribution in [0.25, 0.3) is 0 Å². The standard InChI is InChI=1S/C25H35N2O6.ClH/c1-25(2,3)23-15-22(31-4)9-10-24(23)33-18-21(28)17-27(11-13-32-14-12-27)16-19-5-7-20(8-6-19)26(29)30;/h5-10,15,21,28H,11-14,16-18H2,1-4H3;1H/q+1;/p-1. The predicted octanol–water partition coefficient (Wildman–Crippen LogP) is 0.692. The van der Waals surface area contributed by atoms with Crippen LogP contribution in [0.1, 0.15) is 31.9 Å². The lowest BCUT2D eigenvalue weighted by atomic mass is 9.86. The van der Waals surface area contributed by atoms with Crippen LogP contribution < -0.4 is 21.9 Å². The number of quaternary nitrogens is 1. The molecule has 34 heavy (non-hydrogen) atoms. The summed E-state index contributed by atoms with van der Waals surface area (Å²) in [5.74, 6) is 1.51. The normalized spacial score (nSPS) is 16.3. The lowest BCUT2D eigenvalue weighted by Gasteiger charge is -2.42. The van der Waals surface area contributed by atoms with Crippen LogP contribution in [0.5, 0.6) is 11.5 Å². The number of nitro groups is 1. The first-order valence-corrected chi connectivity index (χ1v) is 11.3. The molecule has 0 bridgehead atoms. The van der Waals surface area contributed by atoms with Gasteiger partial charge in [0.25, 0.3) is 5.69 Å². The molecular formula is C25H35ClN2O6. The van der Waals surface area contributed by atoms with Crippen LogP contribution in [-0.4, -0.2) is 67.2 Å². The highest BCUT2D eigenvalue weighted by molar-refractivity contribution is 5.44. The van der Waals surface area contributed by atoms with Gasteiger partial charge in [-0.2, -0.15) is 0 Å². The first kappa shape index (κ1) is 27.9. The number of hydrogen-bond acceptors (Lipinski definition) is 6. The van der Waals surface area contributed by atoms with Crippen molar-refractivity contribution in [1.29, 1.82) is 0 Å². The zero-order valence-electron chi connectivity index (χ0n) is 20.3. The molecule has 9 heteroatoms. The number of non-ortho nitro benzene ring substituents is 1. The summed E-state index contributed by atoms with van der Waals surface area (Å²) in [6, 6.07) is 12.4. The second-order valence-corrected chi connectivity index (χ2v) is 9.74. The first-order chi connectivity index (χ1) is 15.6. The van der Waals surface area contributed by atoms with Gasteiger partial charge in [-0.3, -0.25) is 10.1 Å². The average molecular weight is 495 g/mol. The number of rotatable bonds is 9. The van der Waals surface area contributed by atoms with Crippen LogP contribution >= 0.6 is 0 Å². The Balaban J connectivity index is 0.00000408. The van der Waals surface area contributed by atoms with Crippen molar-refractivity contribution < 1.29 is 41.1 Å². The molecule has 1 aliphatic heterocycles. The van der Waals surface area contributed by atoms with Crippen molar-refractivity contribution in [2.75, 3.05) is 46.6 Å². The minimum atomic E-state index is -0.670. The molecule has 8 nitrogen and oxygen atoms in total. The van der Waals surface area contributed by atoms with E-state index < -0.39 is 11.0 Å². The topological polar surface area (TPSA) is 91.1 Å². The molecule has 0 spiro atoms. The van der Waals surface area contributed by atoms with Gasteiger partial charge in [-0.1, -0.05) is 20.8 Å². The van der Waals surface area contributed by atoms with E-state index in [4.69, 9.17) is 14.2 Å². The molecule has 1 aliphatic rings. The van der Waals surface area contributed by atoms with Crippen molar-refractivity contribution in [3.8, 4) is 11.5 Å². The summed E-state index contributed by atoms with van der Waals surface area (Å²) in [5.41, 5.74) is 1.97. The Hall–Kier alpha value is -2.39. The van der Waals surface area contributed by atoms with E-state index in [0.717, 1.165) is 35.7 Å². The van der Waals surface area contributed by atoms with E-state index >= 15 is 0 Å². The number of nitrogens with zero attached hydrogens (tertiary/aromatic N) is 2. The van der Waals surface area contributed by atoms with Gasteiger partial charge in [0.2, 0.25) is 0 Å². The SMILES string of the molecule is COc1ccc(OCC(O)C[N+]2(Cc3ccc([N+](=O)[O-])cc3)CCOCC2)c(C(C)(C)C)c1.[Cl-]. The van der Waals surface area contributed by atoms with Crippen molar-refractivity contribution in [2.45, 2.75) is 38.8 Å². The molecule has 1 atom stereocenters. The smallest absolute Gasteiger partial charge is 0.269 e. The molecule has 0 aromatic heterocycles. The van der Waals surface area contributed by atoms with E-state index in [0.29, 0.717) is 30.8 Å². The highest BCUT2D eigenvalue weighted by atomic mass is 35.5. The van der Waals surface area contributed by atoms with Crippen molar-refractivity contribution in [1.82, 2.24) is 0 Å². The minimum Gasteiger partial charge on any atom is -1.00 e. The highest BCUT2D eigenvalue weighted by Gasteiger charge is 2.34. The molecule has 1 fully saturated rings. The molecule has 1 N–H and O–H groups in total. The van der Waals surface area contributed by atoms with E-state index in [1.807, 2.05) is 18.2 Å². The van der Waals surface area contributed by atoms with Gasteiger partial charge in [-0.05, 0) is 35.7 Å². The predicted molar refractivity (Wildman–Crippen MR) is 126 cm³/mol. The maximum absolute atomic E-state index is 11.0. The Morgan fingerprint density at radius 2 is 1.79 bits per heavy atom. The lowest BCUT2D eigenvalue weighted by molar-refractivity contribution is -0.950. The molecule has 0 aliphatic carbocycles. The summed E-state index contributed by atoms with van der Waals surface area (Å²) in [5, 5.41) is 21.9. The molecule has 2 aromatic carbocycles. The monoisotopic (exact) mass is 494 g/mol. The number of benzene rings is 2. The summed E-state index contributed by atoms with van der Waals surface area (Å²) in [4.78, 5) is 10.6. The van der Waals surface area contributed by atoms with Crippen LogP contribution in [0, 0.1) is 10.1 Å². The van der Waals surface area contributed by atoms with Crippen LogP contribution in [0.3, 0.4) is 0 Å². The average Bonchev–Trinajstić information content (AvgIpc) is 2.78. The molecule has 2 aromatic rings. The second kappa shape index (κ2) is 11.8. The van der Waals surface area contributed by atoms with Crippen molar-refractivity contribution >= 4 is 5.69 Å². The fourth-order valence-electron chi connectivity index (χ4n) is 4.28. The number of morpholine rings is 1.